The van der Waals surface area contributed by atoms with Gasteiger partial charge in [0.2, 0.25) is 5.95 Å². The number of piperazine rings is 1. The average molecular weight is 476 g/mol. The number of carbonyl (C=O) groups is 1. The molecule has 0 bridgehead atoms. The van der Waals surface area contributed by atoms with Crippen molar-refractivity contribution in [2.24, 2.45) is 0 Å². The number of nitrogens with one attached hydrogen (secondary N) is 3. The predicted octanol–water partition coefficient (Wildman–Crippen LogP) is 2.72. The van der Waals surface area contributed by atoms with E-state index < -0.39 is 0 Å². The van der Waals surface area contributed by atoms with Crippen LogP contribution in [0, 0.1) is 6.92 Å². The number of hydrogen-bond acceptors (Lipinski definition) is 8. The minimum Gasteiger partial charge on any atom is -0.354 e. The molecule has 0 spiro atoms. The molecule has 10 nitrogen and oxygen atoms in total. The number of amides is 1. The Kier molecular flexibility index (Phi) is 6.80. The quantitative estimate of drug-likeness (QED) is 0.479. The summed E-state index contributed by atoms with van der Waals surface area (Å²) in [5.41, 5.74) is 1.70. The first-order chi connectivity index (χ1) is 17.1. The first kappa shape index (κ1) is 23.1. The number of H-pyrrole nitrogens is 1. The molecule has 2 aliphatic rings. The van der Waals surface area contributed by atoms with Crippen molar-refractivity contribution in [3.63, 3.8) is 0 Å². The number of benzene rings is 1. The van der Waals surface area contributed by atoms with E-state index in [0.29, 0.717) is 24.9 Å². The summed E-state index contributed by atoms with van der Waals surface area (Å²) in [6, 6.07) is 13.5. The number of anilines is 4. The second kappa shape index (κ2) is 10.3. The molecule has 3 aromatic rings. The minimum atomic E-state index is 0.0645. The molecule has 35 heavy (non-hydrogen) atoms. The highest BCUT2D eigenvalue weighted by Gasteiger charge is 2.28. The molecule has 4 heterocycles. The van der Waals surface area contributed by atoms with Crippen molar-refractivity contribution in [1.82, 2.24) is 30.0 Å². The molecule has 1 aromatic carbocycles. The van der Waals surface area contributed by atoms with E-state index in [1.807, 2.05) is 54.3 Å². The molecule has 2 fully saturated rings. The van der Waals surface area contributed by atoms with Crippen molar-refractivity contribution in [2.75, 3.05) is 61.3 Å². The van der Waals surface area contributed by atoms with Crippen molar-refractivity contribution >= 4 is 29.3 Å². The van der Waals surface area contributed by atoms with Gasteiger partial charge in [-0.1, -0.05) is 25.1 Å². The molecule has 0 radical (unpaired) electrons. The van der Waals surface area contributed by atoms with Crippen molar-refractivity contribution in [2.45, 2.75) is 26.3 Å². The maximum absolute atomic E-state index is 12.9. The van der Waals surface area contributed by atoms with Crippen molar-refractivity contribution in [1.29, 1.82) is 0 Å². The van der Waals surface area contributed by atoms with Gasteiger partial charge in [-0.05, 0) is 32.0 Å². The van der Waals surface area contributed by atoms with E-state index in [9.17, 15) is 4.79 Å². The highest BCUT2D eigenvalue weighted by atomic mass is 16.2. The lowest BCUT2D eigenvalue weighted by Gasteiger charge is -2.35. The molecule has 5 rings (SSSR count). The van der Waals surface area contributed by atoms with E-state index in [2.05, 4.69) is 37.6 Å². The molecular weight excluding hydrogens is 442 g/mol. The number of likely N-dealkylation sites (N-methyl/N-ethyl adjacent to an activating group) is 1. The minimum absolute atomic E-state index is 0.0645. The lowest BCUT2D eigenvalue weighted by Crippen LogP contribution is -2.46. The molecule has 3 N–H and O–H groups in total. The van der Waals surface area contributed by atoms with Crippen molar-refractivity contribution in [3.8, 4) is 0 Å². The second-order valence-corrected chi connectivity index (χ2v) is 9.16. The van der Waals surface area contributed by atoms with Crippen LogP contribution in [0.2, 0.25) is 0 Å². The number of nitrogens with zero attached hydrogens (tertiary/aromatic N) is 6. The van der Waals surface area contributed by atoms with E-state index in [0.717, 1.165) is 62.0 Å². The monoisotopic (exact) mass is 475 g/mol. The highest BCUT2D eigenvalue weighted by Crippen LogP contribution is 2.24. The lowest BCUT2D eigenvalue weighted by molar-refractivity contribution is 0.0791. The van der Waals surface area contributed by atoms with Gasteiger partial charge < -0.3 is 25.3 Å². The normalized spacial score (nSPS) is 18.6. The molecule has 2 saturated heterocycles. The zero-order chi connectivity index (χ0) is 24.2. The Morgan fingerprint density at radius 1 is 1.06 bits per heavy atom. The number of likely N-dealkylation sites (tertiary alicyclic amines) is 1. The number of carbonyl (C=O) groups excluding carboxylic acids is 1. The molecule has 10 heteroatoms. The van der Waals surface area contributed by atoms with Gasteiger partial charge in [0.15, 0.2) is 5.82 Å². The van der Waals surface area contributed by atoms with Gasteiger partial charge in [-0.25, -0.2) is 0 Å². The van der Waals surface area contributed by atoms with E-state index in [1.54, 1.807) is 0 Å². The van der Waals surface area contributed by atoms with Crippen LogP contribution in [0.3, 0.4) is 0 Å². The van der Waals surface area contributed by atoms with Gasteiger partial charge in [-0.2, -0.15) is 15.1 Å². The summed E-state index contributed by atoms with van der Waals surface area (Å²) < 4.78 is 0. The van der Waals surface area contributed by atoms with Gasteiger partial charge in [-0.3, -0.25) is 9.89 Å². The van der Waals surface area contributed by atoms with Gasteiger partial charge >= 0.3 is 0 Å². The summed E-state index contributed by atoms with van der Waals surface area (Å²) in [6.07, 6.45) is 0.850. The van der Waals surface area contributed by atoms with E-state index >= 15 is 0 Å². The summed E-state index contributed by atoms with van der Waals surface area (Å²) in [7, 11) is 0. The zero-order valence-electron chi connectivity index (χ0n) is 20.4. The second-order valence-electron chi connectivity index (χ2n) is 9.16. The number of aryl methyl sites for hydroxylation is 1. The van der Waals surface area contributed by atoms with Gasteiger partial charge in [0.25, 0.3) is 5.91 Å². The summed E-state index contributed by atoms with van der Waals surface area (Å²) >= 11 is 0. The third-order valence-corrected chi connectivity index (χ3v) is 6.65. The molecule has 2 aromatic heterocycles. The van der Waals surface area contributed by atoms with E-state index in [1.165, 1.54) is 0 Å². The highest BCUT2D eigenvalue weighted by molar-refractivity contribution is 5.94. The standard InChI is InChI=1S/C25H33N9O/c1-3-32-11-13-33(14-12-32)23-16-21(27-22-15-18(2)30-31-22)28-25(29-23)26-20-9-10-34(17-20)24(35)19-7-5-4-6-8-19/h4-8,15-16,20H,3,9-14,17H2,1-2H3,(H3,26,27,28,29,30,31)/t20-/m0/s1. The SMILES string of the molecule is CCN1CCN(c2cc(Nc3cc(C)[nH]n3)nc(N[C@H]3CCN(C(=O)c4ccccc4)C3)n2)CC1. The summed E-state index contributed by atoms with van der Waals surface area (Å²) in [4.78, 5) is 29.1. The van der Waals surface area contributed by atoms with Crippen molar-refractivity contribution in [3.05, 3.63) is 53.7 Å². The Balaban J connectivity index is 1.31. The fourth-order valence-electron chi connectivity index (χ4n) is 4.64. The van der Waals surface area contributed by atoms with Gasteiger partial charge in [0.05, 0.1) is 0 Å². The maximum atomic E-state index is 12.9. The van der Waals surface area contributed by atoms with E-state index in [4.69, 9.17) is 9.97 Å². The van der Waals surface area contributed by atoms with Crippen LogP contribution in [0.1, 0.15) is 29.4 Å². The fraction of sp³-hybridized carbons (Fsp3) is 0.440. The van der Waals surface area contributed by atoms with Crippen LogP contribution in [0.5, 0.6) is 0 Å². The van der Waals surface area contributed by atoms with Crippen LogP contribution in [-0.2, 0) is 0 Å². The molecule has 1 atom stereocenters. The molecule has 0 aliphatic carbocycles. The maximum Gasteiger partial charge on any atom is 0.253 e. The molecular formula is C25H33N9O. The molecule has 1 amide bonds. The number of aromatic nitrogens is 4. The van der Waals surface area contributed by atoms with Gasteiger partial charge in [0.1, 0.15) is 11.6 Å². The Morgan fingerprint density at radius 3 is 2.57 bits per heavy atom. The number of rotatable bonds is 7. The van der Waals surface area contributed by atoms with Crippen LogP contribution in [-0.4, -0.2) is 87.7 Å². The van der Waals surface area contributed by atoms with Crippen LogP contribution in [0.4, 0.5) is 23.4 Å². The van der Waals surface area contributed by atoms with Gasteiger partial charge in [-0.15, -0.1) is 0 Å². The fourth-order valence-corrected chi connectivity index (χ4v) is 4.64. The van der Waals surface area contributed by atoms with Gasteiger partial charge in [0, 0.05) is 68.7 Å². The number of aromatic amines is 1. The van der Waals surface area contributed by atoms with Crippen molar-refractivity contribution < 1.29 is 4.79 Å². The topological polar surface area (TPSA) is 105 Å². The Bertz CT molecular complexity index is 1140. The molecule has 2 aliphatic heterocycles. The third-order valence-electron chi connectivity index (χ3n) is 6.65. The summed E-state index contributed by atoms with van der Waals surface area (Å²) in [5, 5.41) is 14.0. The Morgan fingerprint density at radius 2 is 1.86 bits per heavy atom. The predicted molar refractivity (Wildman–Crippen MR) is 137 cm³/mol. The smallest absolute Gasteiger partial charge is 0.253 e. The molecule has 0 saturated carbocycles. The third kappa shape index (κ3) is 5.54. The van der Waals surface area contributed by atoms with Crippen LogP contribution < -0.4 is 15.5 Å². The average Bonchev–Trinajstić information content (AvgIpc) is 3.52. The Labute approximate surface area is 205 Å². The van der Waals surface area contributed by atoms with Crippen LogP contribution in [0.25, 0.3) is 0 Å². The first-order valence-corrected chi connectivity index (χ1v) is 12.3. The number of hydrogen-bond donors (Lipinski definition) is 3. The largest absolute Gasteiger partial charge is 0.354 e. The van der Waals surface area contributed by atoms with Crippen LogP contribution >= 0.6 is 0 Å². The molecule has 0 unspecified atom stereocenters. The summed E-state index contributed by atoms with van der Waals surface area (Å²) in [5.74, 6) is 2.93. The zero-order valence-corrected chi connectivity index (χ0v) is 20.4. The first-order valence-electron chi connectivity index (χ1n) is 12.3. The lowest BCUT2D eigenvalue weighted by atomic mass is 10.2. The molecule has 184 valence electrons. The van der Waals surface area contributed by atoms with Crippen LogP contribution in [0.15, 0.2) is 42.5 Å². The Hall–Kier alpha value is -3.66. The summed E-state index contributed by atoms with van der Waals surface area (Å²) in [6.45, 7) is 10.4. The van der Waals surface area contributed by atoms with E-state index in [-0.39, 0.29) is 11.9 Å².